The van der Waals surface area contributed by atoms with E-state index in [1.54, 1.807) is 0 Å². The van der Waals surface area contributed by atoms with Gasteiger partial charge in [0.15, 0.2) is 0 Å². The fourth-order valence-corrected chi connectivity index (χ4v) is 3.04. The molecular formula is C16H28O3. The number of hydrogen-bond acceptors (Lipinski definition) is 3. The lowest BCUT2D eigenvalue weighted by Crippen LogP contribution is -2.56. The predicted octanol–water partition coefficient (Wildman–Crippen LogP) is 3.56. The summed E-state index contributed by atoms with van der Waals surface area (Å²) < 4.78 is 11.6. The summed E-state index contributed by atoms with van der Waals surface area (Å²) >= 11 is 0. The van der Waals surface area contributed by atoms with Gasteiger partial charge in [0.1, 0.15) is 6.10 Å². The van der Waals surface area contributed by atoms with E-state index in [9.17, 15) is 4.79 Å². The molecule has 0 saturated heterocycles. The van der Waals surface area contributed by atoms with Gasteiger partial charge in [-0.15, -0.1) is 0 Å². The molecule has 0 spiro atoms. The third-order valence-electron chi connectivity index (χ3n) is 4.67. The van der Waals surface area contributed by atoms with Gasteiger partial charge < -0.3 is 9.47 Å². The van der Waals surface area contributed by atoms with Crippen molar-refractivity contribution in [2.45, 2.75) is 72.0 Å². The maximum atomic E-state index is 12.0. The molecule has 3 nitrogen and oxygen atoms in total. The molecule has 0 bridgehead atoms. The van der Waals surface area contributed by atoms with Crippen LogP contribution in [0.1, 0.15) is 59.8 Å². The largest absolute Gasteiger partial charge is 0.461 e. The fourth-order valence-electron chi connectivity index (χ4n) is 3.04. The van der Waals surface area contributed by atoms with Crippen molar-refractivity contribution < 1.29 is 14.3 Å². The Labute approximate surface area is 117 Å². The summed E-state index contributed by atoms with van der Waals surface area (Å²) in [5, 5.41) is 0. The quantitative estimate of drug-likeness (QED) is 0.715. The lowest BCUT2D eigenvalue weighted by molar-refractivity contribution is -0.208. The van der Waals surface area contributed by atoms with Crippen molar-refractivity contribution in [1.29, 1.82) is 0 Å². The van der Waals surface area contributed by atoms with Crippen molar-refractivity contribution in [3.63, 3.8) is 0 Å². The van der Waals surface area contributed by atoms with Crippen molar-refractivity contribution in [1.82, 2.24) is 0 Å². The molecule has 3 heteroatoms. The second-order valence-electron chi connectivity index (χ2n) is 7.18. The van der Waals surface area contributed by atoms with Crippen molar-refractivity contribution in [2.24, 2.45) is 17.3 Å². The molecule has 0 aromatic carbocycles. The predicted molar refractivity (Wildman–Crippen MR) is 74.8 cm³/mol. The van der Waals surface area contributed by atoms with Crippen LogP contribution >= 0.6 is 0 Å². The van der Waals surface area contributed by atoms with Crippen LogP contribution in [0.2, 0.25) is 0 Å². The van der Waals surface area contributed by atoms with E-state index < -0.39 is 0 Å². The van der Waals surface area contributed by atoms with Crippen molar-refractivity contribution in [3.05, 3.63) is 0 Å². The van der Waals surface area contributed by atoms with Crippen LogP contribution in [0, 0.1) is 17.3 Å². The average Bonchev–Trinajstić information content (AvgIpc) is 2.85. The molecule has 0 aromatic rings. The van der Waals surface area contributed by atoms with Gasteiger partial charge in [-0.05, 0) is 18.8 Å². The Bertz CT molecular complexity index is 316. The van der Waals surface area contributed by atoms with Gasteiger partial charge in [0.25, 0.3) is 0 Å². The summed E-state index contributed by atoms with van der Waals surface area (Å²) in [7, 11) is 0. The standard InChI is InChI=1S/C16H28O3/c1-11(2)10-18-13-9-14(16(13,3)4)19-15(17)12-7-5-6-8-12/h11-14H,5-10H2,1-4H3/t13-,14+/m0/s1. The number of carbonyl (C=O) groups is 1. The van der Waals surface area contributed by atoms with Crippen LogP contribution in [-0.4, -0.2) is 24.8 Å². The van der Waals surface area contributed by atoms with Crippen LogP contribution in [0.25, 0.3) is 0 Å². The summed E-state index contributed by atoms with van der Waals surface area (Å²) in [6, 6.07) is 0. The minimum absolute atomic E-state index is 0.0258. The van der Waals surface area contributed by atoms with Gasteiger partial charge in [0.05, 0.1) is 12.0 Å². The zero-order valence-electron chi connectivity index (χ0n) is 12.8. The molecule has 2 fully saturated rings. The van der Waals surface area contributed by atoms with Crippen LogP contribution in [0.15, 0.2) is 0 Å². The monoisotopic (exact) mass is 268 g/mol. The van der Waals surface area contributed by atoms with Crippen LogP contribution in [-0.2, 0) is 14.3 Å². The molecule has 19 heavy (non-hydrogen) atoms. The van der Waals surface area contributed by atoms with E-state index in [0.717, 1.165) is 25.9 Å². The third kappa shape index (κ3) is 3.31. The SMILES string of the molecule is CC(C)CO[C@H]1C[C@@H](OC(=O)C2CCCC2)C1(C)C. The van der Waals surface area contributed by atoms with Crippen molar-refractivity contribution in [2.75, 3.05) is 6.61 Å². The second kappa shape index (κ2) is 5.82. The molecule has 2 aliphatic rings. The Morgan fingerprint density at radius 2 is 1.84 bits per heavy atom. The van der Waals surface area contributed by atoms with E-state index >= 15 is 0 Å². The average molecular weight is 268 g/mol. The maximum absolute atomic E-state index is 12.0. The molecule has 0 N–H and O–H groups in total. The Balaban J connectivity index is 1.78. The molecule has 2 atom stereocenters. The maximum Gasteiger partial charge on any atom is 0.309 e. The smallest absolute Gasteiger partial charge is 0.309 e. The van der Waals surface area contributed by atoms with Crippen LogP contribution in [0.3, 0.4) is 0 Å². The number of esters is 1. The highest BCUT2D eigenvalue weighted by Crippen LogP contribution is 2.45. The van der Waals surface area contributed by atoms with Crippen LogP contribution in [0.4, 0.5) is 0 Å². The summed E-state index contributed by atoms with van der Waals surface area (Å²) in [6.07, 6.45) is 5.51. The van der Waals surface area contributed by atoms with E-state index in [1.165, 1.54) is 12.8 Å². The minimum atomic E-state index is -0.0385. The van der Waals surface area contributed by atoms with Crippen molar-refractivity contribution >= 4 is 5.97 Å². The molecule has 0 amide bonds. The summed E-state index contributed by atoms with van der Waals surface area (Å²) in [6.45, 7) is 9.39. The van der Waals surface area contributed by atoms with Crippen LogP contribution < -0.4 is 0 Å². The lowest BCUT2D eigenvalue weighted by atomic mass is 9.66. The molecule has 0 aliphatic heterocycles. The second-order valence-corrected chi connectivity index (χ2v) is 7.18. The Kier molecular flexibility index (Phi) is 4.54. The van der Waals surface area contributed by atoms with E-state index in [4.69, 9.17) is 9.47 Å². The Morgan fingerprint density at radius 1 is 1.21 bits per heavy atom. The van der Waals surface area contributed by atoms with Gasteiger partial charge in [-0.3, -0.25) is 4.79 Å². The van der Waals surface area contributed by atoms with Gasteiger partial charge in [-0.1, -0.05) is 40.5 Å². The molecule has 2 saturated carbocycles. The topological polar surface area (TPSA) is 35.5 Å². The molecule has 0 radical (unpaired) electrons. The van der Waals surface area contributed by atoms with Gasteiger partial charge in [0.2, 0.25) is 0 Å². The number of ether oxygens (including phenoxy) is 2. The fraction of sp³-hybridized carbons (Fsp3) is 0.938. The summed E-state index contributed by atoms with van der Waals surface area (Å²) in [4.78, 5) is 12.0. The number of carbonyl (C=O) groups excluding carboxylic acids is 1. The normalized spacial score (nSPS) is 30.4. The highest BCUT2D eigenvalue weighted by Gasteiger charge is 2.52. The minimum Gasteiger partial charge on any atom is -0.461 e. The molecule has 2 rings (SSSR count). The summed E-state index contributed by atoms with van der Waals surface area (Å²) in [5.41, 5.74) is -0.0385. The van der Waals surface area contributed by atoms with E-state index in [2.05, 4.69) is 27.7 Å². The van der Waals surface area contributed by atoms with Gasteiger partial charge >= 0.3 is 5.97 Å². The molecule has 0 aromatic heterocycles. The third-order valence-corrected chi connectivity index (χ3v) is 4.67. The highest BCUT2D eigenvalue weighted by atomic mass is 16.6. The van der Waals surface area contributed by atoms with Crippen LogP contribution in [0.5, 0.6) is 0 Å². The van der Waals surface area contributed by atoms with E-state index in [0.29, 0.717) is 5.92 Å². The van der Waals surface area contributed by atoms with E-state index in [1.807, 2.05) is 0 Å². The summed E-state index contributed by atoms with van der Waals surface area (Å²) in [5.74, 6) is 0.736. The van der Waals surface area contributed by atoms with Crippen molar-refractivity contribution in [3.8, 4) is 0 Å². The Morgan fingerprint density at radius 3 is 2.37 bits per heavy atom. The van der Waals surface area contributed by atoms with Gasteiger partial charge in [-0.2, -0.15) is 0 Å². The molecule has 0 unspecified atom stereocenters. The molecule has 110 valence electrons. The Hall–Kier alpha value is -0.570. The first-order valence-corrected chi connectivity index (χ1v) is 7.73. The first kappa shape index (κ1) is 14.8. The first-order chi connectivity index (χ1) is 8.91. The lowest BCUT2D eigenvalue weighted by Gasteiger charge is -2.50. The van der Waals surface area contributed by atoms with Gasteiger partial charge in [0, 0.05) is 18.4 Å². The number of hydrogen-bond donors (Lipinski definition) is 0. The zero-order chi connectivity index (χ0) is 14.0. The van der Waals surface area contributed by atoms with E-state index in [-0.39, 0.29) is 29.5 Å². The molecular weight excluding hydrogens is 240 g/mol. The highest BCUT2D eigenvalue weighted by molar-refractivity contribution is 5.73. The zero-order valence-corrected chi connectivity index (χ0v) is 12.8. The van der Waals surface area contributed by atoms with Gasteiger partial charge in [-0.25, -0.2) is 0 Å². The molecule has 0 heterocycles. The number of rotatable bonds is 5. The molecule has 2 aliphatic carbocycles. The first-order valence-electron chi connectivity index (χ1n) is 7.73.